The minimum absolute atomic E-state index is 0.0650. The Hall–Kier alpha value is -4.73. The predicted octanol–water partition coefficient (Wildman–Crippen LogP) is 5.72. The first-order chi connectivity index (χ1) is 25.7. The van der Waals surface area contributed by atoms with Crippen molar-refractivity contribution in [1.29, 1.82) is 0 Å². The summed E-state index contributed by atoms with van der Waals surface area (Å²) in [7, 11) is 2.82. The van der Waals surface area contributed by atoms with E-state index in [0.717, 1.165) is 34.3 Å². The van der Waals surface area contributed by atoms with Gasteiger partial charge in [-0.1, -0.05) is 48.6 Å². The second kappa shape index (κ2) is 17.6. The van der Waals surface area contributed by atoms with Gasteiger partial charge in [0.15, 0.2) is 11.5 Å². The molecule has 1 saturated carbocycles. The van der Waals surface area contributed by atoms with Crippen LogP contribution in [0.2, 0.25) is 0 Å². The lowest BCUT2D eigenvalue weighted by molar-refractivity contribution is -0.141. The molecule has 16 heteroatoms. The first-order valence-corrected chi connectivity index (χ1v) is 18.0. The number of nitrogens with zero attached hydrogens (tertiary/aromatic N) is 3. The second-order valence-corrected chi connectivity index (χ2v) is 13.8. The van der Waals surface area contributed by atoms with Crippen molar-refractivity contribution < 1.29 is 37.3 Å². The average Bonchev–Trinajstić information content (AvgIpc) is 3.75. The van der Waals surface area contributed by atoms with E-state index in [-0.39, 0.29) is 36.0 Å². The first kappa shape index (κ1) is 40.5. The number of halogens is 4. The average molecular weight is 772 g/mol. The monoisotopic (exact) mass is 771 g/mol. The SMILES string of the molecule is C=C/C=C1\C(=C(/C)C2C=CC=C(c3ccc(CNC[C@@H]4CCC(=O)N4)c(OC)n3)C2Cl)CC[C@@H]1Nc1nc(OC)c(CN[C@@H](C)C(=O)O)nc1C(F)(F)F. The van der Waals surface area contributed by atoms with Crippen LogP contribution in [-0.2, 0) is 28.9 Å². The number of nitrogens with one attached hydrogen (secondary N) is 4. The van der Waals surface area contributed by atoms with E-state index in [1.165, 1.54) is 14.0 Å². The first-order valence-electron chi connectivity index (χ1n) is 17.6. The summed E-state index contributed by atoms with van der Waals surface area (Å²) in [4.78, 5) is 35.6. The largest absolute Gasteiger partial charge is 0.481 e. The van der Waals surface area contributed by atoms with Gasteiger partial charge in [0.25, 0.3) is 0 Å². The van der Waals surface area contributed by atoms with Crippen molar-refractivity contribution in [2.75, 3.05) is 26.1 Å². The Morgan fingerprint density at radius 3 is 2.56 bits per heavy atom. The number of rotatable bonds is 15. The number of hydrogen-bond donors (Lipinski definition) is 5. The number of amides is 1. The highest BCUT2D eigenvalue weighted by Gasteiger charge is 2.40. The summed E-state index contributed by atoms with van der Waals surface area (Å²) in [6.45, 7) is 8.02. The van der Waals surface area contributed by atoms with Crippen LogP contribution < -0.4 is 30.7 Å². The number of carbonyl (C=O) groups is 2. The van der Waals surface area contributed by atoms with Crippen LogP contribution in [0.3, 0.4) is 0 Å². The van der Waals surface area contributed by atoms with Gasteiger partial charge < -0.3 is 30.5 Å². The molecule has 2 unspecified atom stereocenters. The van der Waals surface area contributed by atoms with Crippen LogP contribution in [0.15, 0.2) is 65.8 Å². The van der Waals surface area contributed by atoms with E-state index in [9.17, 15) is 27.9 Å². The molecule has 1 amide bonds. The van der Waals surface area contributed by atoms with E-state index in [4.69, 9.17) is 26.1 Å². The number of aromatic nitrogens is 3. The Balaban J connectivity index is 1.35. The Morgan fingerprint density at radius 1 is 1.15 bits per heavy atom. The predicted molar refractivity (Wildman–Crippen MR) is 199 cm³/mol. The highest BCUT2D eigenvalue weighted by Crippen LogP contribution is 2.43. The van der Waals surface area contributed by atoms with Crippen molar-refractivity contribution in [3.8, 4) is 11.8 Å². The van der Waals surface area contributed by atoms with Gasteiger partial charge in [0.2, 0.25) is 17.7 Å². The molecule has 0 bridgehead atoms. The summed E-state index contributed by atoms with van der Waals surface area (Å²) < 4.78 is 54.0. The molecule has 5 N–H and O–H groups in total. The summed E-state index contributed by atoms with van der Waals surface area (Å²) in [5.74, 6) is -1.57. The lowest BCUT2D eigenvalue weighted by Gasteiger charge is -2.27. The molecule has 5 atom stereocenters. The van der Waals surface area contributed by atoms with Gasteiger partial charge in [0.1, 0.15) is 11.7 Å². The number of ether oxygens (including phenoxy) is 2. The number of carboxylic acids is 1. The lowest BCUT2D eigenvalue weighted by atomic mass is 9.83. The second-order valence-electron chi connectivity index (χ2n) is 13.3. The van der Waals surface area contributed by atoms with Gasteiger partial charge >= 0.3 is 12.1 Å². The molecule has 2 aromatic heterocycles. The minimum Gasteiger partial charge on any atom is -0.481 e. The van der Waals surface area contributed by atoms with E-state index < -0.39 is 41.1 Å². The number of carboxylic acid groups (broad SMARTS) is 1. The van der Waals surface area contributed by atoms with Gasteiger partial charge in [-0.2, -0.15) is 18.2 Å². The van der Waals surface area contributed by atoms with Crippen molar-refractivity contribution >= 4 is 34.9 Å². The van der Waals surface area contributed by atoms with Crippen molar-refractivity contribution in [2.45, 2.75) is 82.3 Å². The van der Waals surface area contributed by atoms with Gasteiger partial charge in [-0.15, -0.1) is 11.6 Å². The third kappa shape index (κ3) is 9.31. The molecule has 0 aromatic carbocycles. The standard InChI is InChI=1S/C38H45ClF3N7O5/c1-6-8-26-24(13-15-28(26)47-34-33(38(40,41)42)46-30(36(49-34)54-5)19-44-21(3)37(51)52)20(2)25-9-7-10-27(32(25)39)29-14-11-22(35(48-29)53-4)17-43-18-23-12-16-31(50)45-23/h6-11,14,21,23,25,28,32,43-44H,1,12-13,15-19H2,2-5H3,(H,45,50)(H,47,49)(H,51,52)/b24-20+,26-8+/t21-,23-,25?,28-,32?/m0/s1. The normalized spacial score (nSPS) is 23.5. The zero-order valence-electron chi connectivity index (χ0n) is 30.5. The summed E-state index contributed by atoms with van der Waals surface area (Å²) in [6.07, 6.45) is 6.69. The van der Waals surface area contributed by atoms with Crippen LogP contribution in [0.25, 0.3) is 5.57 Å². The third-order valence-corrected chi connectivity index (χ3v) is 10.3. The van der Waals surface area contributed by atoms with Crippen molar-refractivity contribution in [1.82, 2.24) is 30.9 Å². The highest BCUT2D eigenvalue weighted by atomic mass is 35.5. The molecule has 54 heavy (non-hydrogen) atoms. The van der Waals surface area contributed by atoms with Crippen molar-refractivity contribution in [3.63, 3.8) is 0 Å². The van der Waals surface area contributed by atoms with Gasteiger partial charge in [0, 0.05) is 43.6 Å². The van der Waals surface area contributed by atoms with E-state index in [1.807, 2.05) is 37.3 Å². The molecule has 0 spiro atoms. The van der Waals surface area contributed by atoms with E-state index >= 15 is 0 Å². The number of pyridine rings is 1. The molecule has 1 aliphatic heterocycles. The molecule has 3 heterocycles. The fourth-order valence-corrected chi connectivity index (χ4v) is 7.31. The number of aliphatic carboxylic acids is 1. The lowest BCUT2D eigenvalue weighted by Crippen LogP contribution is -2.35. The molecule has 3 aliphatic rings. The zero-order chi connectivity index (χ0) is 39.2. The Bertz CT molecular complexity index is 1880. The van der Waals surface area contributed by atoms with Crippen molar-refractivity contribution in [3.05, 3.63) is 88.5 Å². The number of allylic oxidation sites excluding steroid dienone is 7. The van der Waals surface area contributed by atoms with Crippen LogP contribution in [0.1, 0.15) is 62.2 Å². The van der Waals surface area contributed by atoms with Crippen LogP contribution in [-0.4, -0.2) is 76.2 Å². The van der Waals surface area contributed by atoms with Crippen molar-refractivity contribution in [2.24, 2.45) is 5.92 Å². The summed E-state index contributed by atoms with van der Waals surface area (Å²) in [5.41, 5.74) is 3.53. The molecule has 1 saturated heterocycles. The molecule has 12 nitrogen and oxygen atoms in total. The molecule has 2 aliphatic carbocycles. The third-order valence-electron chi connectivity index (χ3n) is 9.76. The fourth-order valence-electron chi connectivity index (χ4n) is 6.86. The number of hydrogen-bond acceptors (Lipinski definition) is 10. The number of methoxy groups -OCH3 is 2. The molecule has 2 fully saturated rings. The molecule has 5 rings (SSSR count). The van der Waals surface area contributed by atoms with Crippen LogP contribution >= 0.6 is 11.6 Å². The van der Waals surface area contributed by atoms with Gasteiger partial charge in [-0.3, -0.25) is 14.9 Å². The summed E-state index contributed by atoms with van der Waals surface area (Å²) in [6, 6.07) is 2.33. The topological polar surface area (TPSA) is 160 Å². The van der Waals surface area contributed by atoms with E-state index in [1.54, 1.807) is 19.3 Å². The smallest absolute Gasteiger partial charge is 0.437 e. The molecule has 2 aromatic rings. The highest BCUT2D eigenvalue weighted by molar-refractivity contribution is 6.27. The summed E-state index contributed by atoms with van der Waals surface area (Å²) >= 11 is 7.20. The van der Waals surface area contributed by atoms with Crippen LogP contribution in [0.4, 0.5) is 19.0 Å². The molecular formula is C38H45ClF3N7O5. The Morgan fingerprint density at radius 2 is 1.91 bits per heavy atom. The van der Waals surface area contributed by atoms with E-state index in [2.05, 4.69) is 37.8 Å². The summed E-state index contributed by atoms with van der Waals surface area (Å²) in [5, 5.41) is 20.6. The number of carbonyl (C=O) groups excluding carboxylic acids is 1. The van der Waals surface area contributed by atoms with E-state index in [0.29, 0.717) is 43.9 Å². The Labute approximate surface area is 317 Å². The molecule has 290 valence electrons. The van der Waals surface area contributed by atoms with Crippen LogP contribution in [0.5, 0.6) is 11.8 Å². The molecule has 0 radical (unpaired) electrons. The maximum Gasteiger partial charge on any atom is 0.437 e. The zero-order valence-corrected chi connectivity index (χ0v) is 31.3. The van der Waals surface area contributed by atoms with Gasteiger partial charge in [-0.05, 0) is 55.9 Å². The minimum atomic E-state index is -4.87. The quantitative estimate of drug-likeness (QED) is 0.141. The fraction of sp³-hybridized carbons (Fsp3) is 0.447. The Kier molecular flexibility index (Phi) is 13.2. The number of alkyl halides is 4. The maximum absolute atomic E-state index is 14.4. The molecular weight excluding hydrogens is 727 g/mol. The van der Waals surface area contributed by atoms with Crippen LogP contribution in [0, 0.1) is 5.92 Å². The number of anilines is 1. The van der Waals surface area contributed by atoms with Gasteiger partial charge in [-0.25, -0.2) is 9.97 Å². The van der Waals surface area contributed by atoms with Gasteiger partial charge in [0.05, 0.1) is 31.3 Å². The maximum atomic E-state index is 14.4.